The van der Waals surface area contributed by atoms with Crippen molar-refractivity contribution in [3.8, 4) is 5.75 Å². The number of carbonyl (C=O) groups excluding carboxylic acids is 1. The molecule has 0 saturated carbocycles. The molecule has 0 aliphatic carbocycles. The highest BCUT2D eigenvalue weighted by Crippen LogP contribution is 2.26. The highest BCUT2D eigenvalue weighted by atomic mass is 16.5. The van der Waals surface area contributed by atoms with Gasteiger partial charge in [0.1, 0.15) is 5.75 Å². The molecule has 0 spiro atoms. The summed E-state index contributed by atoms with van der Waals surface area (Å²) in [5.74, 6) is 0.703. The van der Waals surface area contributed by atoms with E-state index in [2.05, 4.69) is 0 Å². The Morgan fingerprint density at radius 3 is 2.42 bits per heavy atom. The van der Waals surface area contributed by atoms with Crippen molar-refractivity contribution in [2.45, 2.75) is 19.6 Å². The Labute approximate surface area is 142 Å². The first-order valence-corrected chi connectivity index (χ1v) is 8.08. The Morgan fingerprint density at radius 2 is 1.62 bits per heavy atom. The van der Waals surface area contributed by atoms with Crippen LogP contribution >= 0.6 is 0 Å². The van der Waals surface area contributed by atoms with Crippen LogP contribution in [0.4, 0.5) is 0 Å². The second-order valence-corrected chi connectivity index (χ2v) is 5.92. The Balaban J connectivity index is 1.71. The van der Waals surface area contributed by atoms with Crippen LogP contribution in [0, 0.1) is 0 Å². The van der Waals surface area contributed by atoms with Crippen LogP contribution in [0.2, 0.25) is 0 Å². The highest BCUT2D eigenvalue weighted by molar-refractivity contribution is 5.89. The highest BCUT2D eigenvalue weighted by Gasteiger charge is 2.20. The summed E-state index contributed by atoms with van der Waals surface area (Å²) < 4.78 is 5.96. The number of likely N-dealkylation sites (N-methyl/N-ethyl adjacent to an activating group) is 1. The summed E-state index contributed by atoms with van der Waals surface area (Å²) in [6.45, 7) is 2.37. The van der Waals surface area contributed by atoms with Crippen LogP contribution in [0.15, 0.2) is 72.8 Å². The van der Waals surface area contributed by atoms with Gasteiger partial charge in [-0.25, -0.2) is 0 Å². The first-order valence-electron chi connectivity index (χ1n) is 8.08. The van der Waals surface area contributed by atoms with E-state index in [9.17, 15) is 4.79 Å². The summed E-state index contributed by atoms with van der Waals surface area (Å²) in [6, 6.07) is 23.9. The van der Waals surface area contributed by atoms with E-state index >= 15 is 0 Å². The lowest BCUT2D eigenvalue weighted by molar-refractivity contribution is -0.137. The molecule has 0 heterocycles. The summed E-state index contributed by atoms with van der Waals surface area (Å²) in [6.07, 6.45) is -0.537. The van der Waals surface area contributed by atoms with Crippen LogP contribution in [0.3, 0.4) is 0 Å². The van der Waals surface area contributed by atoms with Gasteiger partial charge >= 0.3 is 0 Å². The fourth-order valence-corrected chi connectivity index (χ4v) is 2.78. The van der Waals surface area contributed by atoms with Gasteiger partial charge in [0.05, 0.1) is 0 Å². The van der Waals surface area contributed by atoms with E-state index < -0.39 is 6.10 Å². The third-order valence-electron chi connectivity index (χ3n) is 4.04. The predicted octanol–water partition coefficient (Wildman–Crippen LogP) is 4.27. The minimum atomic E-state index is -0.537. The molecule has 1 amide bonds. The molecule has 3 nitrogen and oxygen atoms in total. The Bertz CT molecular complexity index is 824. The molecule has 3 heteroatoms. The predicted molar refractivity (Wildman–Crippen MR) is 97.0 cm³/mol. The smallest absolute Gasteiger partial charge is 0.263 e. The van der Waals surface area contributed by atoms with Crippen LogP contribution in [0.25, 0.3) is 10.8 Å². The molecule has 3 rings (SSSR count). The Morgan fingerprint density at radius 1 is 0.958 bits per heavy atom. The first-order chi connectivity index (χ1) is 11.6. The molecule has 24 heavy (non-hydrogen) atoms. The van der Waals surface area contributed by atoms with Gasteiger partial charge in [-0.15, -0.1) is 0 Å². The summed E-state index contributed by atoms with van der Waals surface area (Å²) in [5, 5.41) is 2.12. The minimum absolute atomic E-state index is 0.0354. The summed E-state index contributed by atoms with van der Waals surface area (Å²) in [5.41, 5.74) is 1.10. The maximum atomic E-state index is 12.6. The number of carbonyl (C=O) groups is 1. The van der Waals surface area contributed by atoms with Gasteiger partial charge in [0.25, 0.3) is 5.91 Å². The van der Waals surface area contributed by atoms with Crippen LogP contribution in [-0.2, 0) is 11.3 Å². The molecular weight excluding hydrogens is 298 g/mol. The lowest BCUT2D eigenvalue weighted by atomic mass is 10.1. The number of hydrogen-bond donors (Lipinski definition) is 0. The van der Waals surface area contributed by atoms with Gasteiger partial charge in [-0.05, 0) is 23.9 Å². The summed E-state index contributed by atoms with van der Waals surface area (Å²) in [7, 11) is 1.80. The number of hydrogen-bond acceptors (Lipinski definition) is 2. The maximum absolute atomic E-state index is 12.6. The van der Waals surface area contributed by atoms with Gasteiger partial charge in [0.15, 0.2) is 6.10 Å². The van der Waals surface area contributed by atoms with Gasteiger partial charge in [-0.1, -0.05) is 66.7 Å². The topological polar surface area (TPSA) is 29.5 Å². The van der Waals surface area contributed by atoms with Gasteiger partial charge in [0.2, 0.25) is 0 Å². The van der Waals surface area contributed by atoms with Crippen molar-refractivity contribution >= 4 is 16.7 Å². The fraction of sp³-hybridized carbons (Fsp3) is 0.190. The van der Waals surface area contributed by atoms with Gasteiger partial charge in [-0.2, -0.15) is 0 Å². The second kappa shape index (κ2) is 7.18. The molecular formula is C21H21NO2. The van der Waals surface area contributed by atoms with Gasteiger partial charge in [-0.3, -0.25) is 4.79 Å². The van der Waals surface area contributed by atoms with E-state index in [0.29, 0.717) is 6.54 Å². The largest absolute Gasteiger partial charge is 0.480 e. The zero-order valence-electron chi connectivity index (χ0n) is 14.0. The van der Waals surface area contributed by atoms with Gasteiger partial charge in [0, 0.05) is 19.0 Å². The fourth-order valence-electron chi connectivity index (χ4n) is 2.78. The van der Waals surface area contributed by atoms with Crippen molar-refractivity contribution in [2.75, 3.05) is 7.05 Å². The van der Waals surface area contributed by atoms with Crippen molar-refractivity contribution in [1.82, 2.24) is 4.90 Å². The average molecular weight is 319 g/mol. The van der Waals surface area contributed by atoms with Crippen molar-refractivity contribution < 1.29 is 9.53 Å². The molecule has 0 aliphatic heterocycles. The number of amides is 1. The molecule has 0 saturated heterocycles. The van der Waals surface area contributed by atoms with E-state index in [1.165, 1.54) is 0 Å². The molecule has 0 unspecified atom stereocenters. The molecule has 0 radical (unpaired) electrons. The molecule has 0 aliphatic rings. The van der Waals surface area contributed by atoms with E-state index in [4.69, 9.17) is 4.74 Å². The van der Waals surface area contributed by atoms with Gasteiger partial charge < -0.3 is 9.64 Å². The SMILES string of the molecule is C[C@H](Oc1cccc2ccccc12)C(=O)N(C)Cc1ccccc1. The average Bonchev–Trinajstić information content (AvgIpc) is 2.62. The van der Waals surface area contributed by atoms with E-state index in [1.807, 2.05) is 72.8 Å². The van der Waals surface area contributed by atoms with Crippen LogP contribution < -0.4 is 4.74 Å². The number of benzene rings is 3. The lowest BCUT2D eigenvalue weighted by Gasteiger charge is -2.22. The monoisotopic (exact) mass is 319 g/mol. The number of ether oxygens (including phenoxy) is 1. The van der Waals surface area contributed by atoms with Crippen LogP contribution in [0.1, 0.15) is 12.5 Å². The summed E-state index contributed by atoms with van der Waals surface area (Å²) in [4.78, 5) is 14.3. The first kappa shape index (κ1) is 16.1. The molecule has 0 fully saturated rings. The van der Waals surface area contributed by atoms with Crippen molar-refractivity contribution in [1.29, 1.82) is 0 Å². The zero-order valence-corrected chi connectivity index (χ0v) is 14.0. The molecule has 0 aromatic heterocycles. The minimum Gasteiger partial charge on any atom is -0.480 e. The summed E-state index contributed by atoms with van der Waals surface area (Å²) >= 11 is 0. The molecule has 3 aromatic rings. The lowest BCUT2D eigenvalue weighted by Crippen LogP contribution is -2.37. The third-order valence-corrected chi connectivity index (χ3v) is 4.04. The molecule has 0 bridgehead atoms. The van der Waals surface area contributed by atoms with Crippen molar-refractivity contribution in [2.24, 2.45) is 0 Å². The van der Waals surface area contributed by atoms with Crippen LogP contribution in [-0.4, -0.2) is 24.0 Å². The quantitative estimate of drug-likeness (QED) is 0.703. The zero-order chi connectivity index (χ0) is 16.9. The number of nitrogens with zero attached hydrogens (tertiary/aromatic N) is 1. The van der Waals surface area contributed by atoms with Crippen molar-refractivity contribution in [3.05, 3.63) is 78.4 Å². The molecule has 1 atom stereocenters. The number of rotatable bonds is 5. The maximum Gasteiger partial charge on any atom is 0.263 e. The van der Waals surface area contributed by atoms with E-state index in [-0.39, 0.29) is 5.91 Å². The standard InChI is InChI=1S/C21H21NO2/c1-16(21(23)22(2)15-17-9-4-3-5-10-17)24-20-14-8-12-18-11-6-7-13-19(18)20/h3-14,16H,15H2,1-2H3/t16-/m0/s1. The van der Waals surface area contributed by atoms with Crippen LogP contribution in [0.5, 0.6) is 5.75 Å². The van der Waals surface area contributed by atoms with Crippen molar-refractivity contribution in [3.63, 3.8) is 0 Å². The second-order valence-electron chi connectivity index (χ2n) is 5.92. The number of fused-ring (bicyclic) bond motifs is 1. The van der Waals surface area contributed by atoms with E-state index in [1.54, 1.807) is 18.9 Å². The Kier molecular flexibility index (Phi) is 4.80. The molecule has 0 N–H and O–H groups in total. The normalized spacial score (nSPS) is 11.9. The Hall–Kier alpha value is -2.81. The third kappa shape index (κ3) is 3.57. The molecule has 122 valence electrons. The van der Waals surface area contributed by atoms with E-state index in [0.717, 1.165) is 22.1 Å². The molecule has 3 aromatic carbocycles.